The first-order valence-electron chi connectivity index (χ1n) is 5.85. The summed E-state index contributed by atoms with van der Waals surface area (Å²) >= 11 is 0. The van der Waals surface area contributed by atoms with Crippen LogP contribution in [-0.2, 0) is 9.84 Å². The maximum atomic E-state index is 13.4. The smallest absolute Gasteiger partial charge is 0.180 e. The zero-order chi connectivity index (χ0) is 14.8. The van der Waals surface area contributed by atoms with Gasteiger partial charge in [-0.05, 0) is 31.0 Å². The highest BCUT2D eigenvalue weighted by molar-refractivity contribution is 7.92. The van der Waals surface area contributed by atoms with Gasteiger partial charge in [0.2, 0.25) is 0 Å². The molecule has 0 bridgehead atoms. The van der Waals surface area contributed by atoms with Gasteiger partial charge in [0.1, 0.15) is 17.4 Å². The molecule has 106 valence electrons. The second-order valence-electron chi connectivity index (χ2n) is 4.80. The predicted molar refractivity (Wildman–Crippen MR) is 68.8 cm³/mol. The third kappa shape index (κ3) is 3.83. The van der Waals surface area contributed by atoms with Crippen molar-refractivity contribution < 1.29 is 22.0 Å². The van der Waals surface area contributed by atoms with Crippen molar-refractivity contribution >= 4 is 15.6 Å². The van der Waals surface area contributed by atoms with E-state index in [0.717, 1.165) is 12.1 Å². The van der Waals surface area contributed by atoms with E-state index in [-0.39, 0.29) is 5.92 Å². The monoisotopic (exact) mass is 290 g/mol. The fourth-order valence-corrected chi connectivity index (χ4v) is 3.13. The van der Waals surface area contributed by atoms with Gasteiger partial charge in [0.25, 0.3) is 0 Å². The molecular weight excluding hydrogens is 274 g/mol. The van der Waals surface area contributed by atoms with E-state index < -0.39 is 43.8 Å². The summed E-state index contributed by atoms with van der Waals surface area (Å²) in [6.45, 7) is 4.93. The largest absolute Gasteiger partial charge is 0.293 e. The van der Waals surface area contributed by atoms with Crippen LogP contribution in [0.4, 0.5) is 8.78 Å². The quantitative estimate of drug-likeness (QED) is 0.783. The molecule has 0 heterocycles. The topological polar surface area (TPSA) is 51.2 Å². The molecule has 0 aliphatic carbocycles. The lowest BCUT2D eigenvalue weighted by atomic mass is 10.1. The van der Waals surface area contributed by atoms with Gasteiger partial charge in [-0.15, -0.1) is 0 Å². The highest BCUT2D eigenvalue weighted by Crippen LogP contribution is 2.16. The van der Waals surface area contributed by atoms with E-state index in [9.17, 15) is 22.0 Å². The molecule has 1 aromatic rings. The second-order valence-corrected chi connectivity index (χ2v) is 7.16. The molecule has 0 fully saturated rings. The number of benzene rings is 1. The van der Waals surface area contributed by atoms with Crippen molar-refractivity contribution in [3.63, 3.8) is 0 Å². The molecule has 1 aromatic carbocycles. The van der Waals surface area contributed by atoms with Crippen molar-refractivity contribution in [2.75, 3.05) is 5.75 Å². The van der Waals surface area contributed by atoms with Gasteiger partial charge in [-0.3, -0.25) is 4.79 Å². The first kappa shape index (κ1) is 15.8. The predicted octanol–water partition coefficient (Wildman–Crippen LogP) is 2.61. The Balaban J connectivity index is 3.00. The Morgan fingerprint density at radius 1 is 1.21 bits per heavy atom. The minimum absolute atomic E-state index is 0.157. The zero-order valence-electron chi connectivity index (χ0n) is 11.0. The Kier molecular flexibility index (Phi) is 4.79. The van der Waals surface area contributed by atoms with Crippen LogP contribution in [0.1, 0.15) is 31.1 Å². The lowest BCUT2D eigenvalue weighted by Gasteiger charge is -2.15. The molecule has 19 heavy (non-hydrogen) atoms. The summed E-state index contributed by atoms with van der Waals surface area (Å²) in [7, 11) is -3.68. The molecule has 1 atom stereocenters. The molecule has 0 saturated heterocycles. The van der Waals surface area contributed by atoms with E-state index in [1.165, 1.54) is 6.92 Å². The Morgan fingerprint density at radius 3 is 2.32 bits per heavy atom. The Hall–Kier alpha value is -1.30. The van der Waals surface area contributed by atoms with E-state index in [1.54, 1.807) is 13.8 Å². The minimum atomic E-state index is -3.68. The Bertz CT molecular complexity index is 580. The van der Waals surface area contributed by atoms with Crippen molar-refractivity contribution in [2.24, 2.45) is 5.92 Å². The van der Waals surface area contributed by atoms with Gasteiger partial charge in [-0.1, -0.05) is 13.8 Å². The average molecular weight is 290 g/mol. The SMILES string of the molecule is CC(C)C(C)S(=O)(=O)CC(=O)c1cc(F)ccc1F. The summed E-state index contributed by atoms with van der Waals surface area (Å²) in [6, 6.07) is 2.39. The molecular formula is C13H16F2O3S. The van der Waals surface area contributed by atoms with Gasteiger partial charge in [-0.2, -0.15) is 0 Å². The Morgan fingerprint density at radius 2 is 1.79 bits per heavy atom. The molecule has 0 spiro atoms. The number of sulfone groups is 1. The van der Waals surface area contributed by atoms with Crippen LogP contribution < -0.4 is 0 Å². The van der Waals surface area contributed by atoms with Crippen LogP contribution in [0.15, 0.2) is 18.2 Å². The molecule has 0 aliphatic heterocycles. The van der Waals surface area contributed by atoms with Crippen LogP contribution in [0.25, 0.3) is 0 Å². The van der Waals surface area contributed by atoms with Gasteiger partial charge < -0.3 is 0 Å². The van der Waals surface area contributed by atoms with Crippen LogP contribution in [0.5, 0.6) is 0 Å². The summed E-state index contributed by atoms with van der Waals surface area (Å²) in [5.41, 5.74) is -0.528. The highest BCUT2D eigenvalue weighted by atomic mass is 32.2. The third-order valence-electron chi connectivity index (χ3n) is 3.07. The van der Waals surface area contributed by atoms with Gasteiger partial charge >= 0.3 is 0 Å². The van der Waals surface area contributed by atoms with E-state index in [2.05, 4.69) is 0 Å². The number of rotatable bonds is 5. The lowest BCUT2D eigenvalue weighted by Crippen LogP contribution is -2.29. The van der Waals surface area contributed by atoms with E-state index >= 15 is 0 Å². The number of carbonyl (C=O) groups is 1. The van der Waals surface area contributed by atoms with Gasteiger partial charge in [0.05, 0.1) is 10.8 Å². The van der Waals surface area contributed by atoms with Gasteiger partial charge in [-0.25, -0.2) is 17.2 Å². The standard InChI is InChI=1S/C13H16F2O3S/c1-8(2)9(3)19(17,18)7-13(16)11-6-10(14)4-5-12(11)15/h4-6,8-9H,7H2,1-3H3. The molecule has 0 radical (unpaired) electrons. The second kappa shape index (κ2) is 5.77. The number of carbonyl (C=O) groups excluding carboxylic acids is 1. The van der Waals surface area contributed by atoms with E-state index in [1.807, 2.05) is 0 Å². The summed E-state index contributed by atoms with van der Waals surface area (Å²) in [4.78, 5) is 11.8. The fourth-order valence-electron chi connectivity index (χ4n) is 1.52. The van der Waals surface area contributed by atoms with Crippen molar-refractivity contribution in [3.05, 3.63) is 35.4 Å². The van der Waals surface area contributed by atoms with Gasteiger partial charge in [0.15, 0.2) is 15.6 Å². The highest BCUT2D eigenvalue weighted by Gasteiger charge is 2.28. The molecule has 0 aromatic heterocycles. The number of halogens is 2. The van der Waals surface area contributed by atoms with Crippen LogP contribution >= 0.6 is 0 Å². The van der Waals surface area contributed by atoms with E-state index in [0.29, 0.717) is 6.07 Å². The molecule has 6 heteroatoms. The van der Waals surface area contributed by atoms with Crippen molar-refractivity contribution in [3.8, 4) is 0 Å². The Labute approximate surface area is 111 Å². The normalized spacial score (nSPS) is 13.6. The zero-order valence-corrected chi connectivity index (χ0v) is 11.8. The number of ketones is 1. The fraction of sp³-hybridized carbons (Fsp3) is 0.462. The maximum absolute atomic E-state index is 13.4. The third-order valence-corrected chi connectivity index (χ3v) is 5.41. The van der Waals surface area contributed by atoms with Crippen molar-refractivity contribution in [1.29, 1.82) is 0 Å². The minimum Gasteiger partial charge on any atom is -0.293 e. The van der Waals surface area contributed by atoms with Crippen molar-refractivity contribution in [2.45, 2.75) is 26.0 Å². The molecule has 0 saturated carbocycles. The van der Waals surface area contributed by atoms with Crippen LogP contribution in [0, 0.1) is 17.6 Å². The number of hydrogen-bond donors (Lipinski definition) is 0. The summed E-state index contributed by atoms with van der Waals surface area (Å²) in [5, 5.41) is -0.715. The molecule has 0 amide bonds. The van der Waals surface area contributed by atoms with Crippen LogP contribution in [-0.4, -0.2) is 25.2 Å². The molecule has 0 aliphatic rings. The summed E-state index contributed by atoms with van der Waals surface area (Å²) in [5.74, 6) is -3.59. The summed E-state index contributed by atoms with van der Waals surface area (Å²) < 4.78 is 50.2. The first-order valence-corrected chi connectivity index (χ1v) is 7.56. The van der Waals surface area contributed by atoms with Crippen LogP contribution in [0.3, 0.4) is 0 Å². The summed E-state index contributed by atoms with van der Waals surface area (Å²) in [6.07, 6.45) is 0. The number of hydrogen-bond acceptors (Lipinski definition) is 3. The average Bonchev–Trinajstić information content (AvgIpc) is 2.30. The first-order chi connectivity index (χ1) is 8.65. The molecule has 3 nitrogen and oxygen atoms in total. The van der Waals surface area contributed by atoms with Gasteiger partial charge in [0, 0.05) is 0 Å². The lowest BCUT2D eigenvalue weighted by molar-refractivity contribution is 0.101. The van der Waals surface area contributed by atoms with Crippen LogP contribution in [0.2, 0.25) is 0 Å². The molecule has 0 N–H and O–H groups in total. The molecule has 1 rings (SSSR count). The van der Waals surface area contributed by atoms with E-state index in [4.69, 9.17) is 0 Å². The maximum Gasteiger partial charge on any atom is 0.180 e. The van der Waals surface area contributed by atoms with Crippen molar-refractivity contribution in [1.82, 2.24) is 0 Å². The number of Topliss-reactive ketones (excluding diaryl/α,β-unsaturated/α-hetero) is 1. The molecule has 1 unspecified atom stereocenters.